The fourth-order valence-electron chi connectivity index (χ4n) is 2.02. The van der Waals surface area contributed by atoms with Crippen molar-refractivity contribution >= 4 is 28.7 Å². The third-order valence-corrected chi connectivity index (χ3v) is 3.44. The Bertz CT molecular complexity index is 751. The van der Waals surface area contributed by atoms with Crippen molar-refractivity contribution in [1.82, 2.24) is 0 Å². The number of benzene rings is 2. The molecule has 0 aliphatic carbocycles. The van der Waals surface area contributed by atoms with Gasteiger partial charge in [0, 0.05) is 11.4 Å². The quantitative estimate of drug-likeness (QED) is 0.507. The molecule has 2 rings (SSSR count). The number of anilines is 2. The van der Waals surface area contributed by atoms with Crippen LogP contribution in [-0.4, -0.2) is 5.11 Å². The van der Waals surface area contributed by atoms with Gasteiger partial charge in [-0.05, 0) is 49.0 Å². The molecule has 2 nitrogen and oxygen atoms in total. The zero-order valence-corrected chi connectivity index (χ0v) is 13.5. The molecule has 0 heterocycles. The van der Waals surface area contributed by atoms with E-state index in [1.165, 1.54) is 0 Å². The molecule has 0 amide bonds. The molecular weight excluding hydrogens is 366 g/mol. The summed E-state index contributed by atoms with van der Waals surface area (Å²) in [6.07, 6.45) is -9.83. The molecule has 0 unspecified atom stereocenters. The average molecular weight is 378 g/mol. The third kappa shape index (κ3) is 5.09. The molecule has 0 spiro atoms. The monoisotopic (exact) mass is 378 g/mol. The van der Waals surface area contributed by atoms with Gasteiger partial charge in [-0.3, -0.25) is 0 Å². The highest BCUT2D eigenvalue weighted by Crippen LogP contribution is 2.37. The molecule has 9 heteroatoms. The van der Waals surface area contributed by atoms with E-state index in [4.69, 9.17) is 12.2 Å². The van der Waals surface area contributed by atoms with Crippen molar-refractivity contribution in [2.45, 2.75) is 19.3 Å². The van der Waals surface area contributed by atoms with Gasteiger partial charge in [0.05, 0.1) is 11.1 Å². The van der Waals surface area contributed by atoms with Crippen LogP contribution in [0.4, 0.5) is 37.7 Å². The van der Waals surface area contributed by atoms with Crippen LogP contribution in [0.5, 0.6) is 0 Å². The summed E-state index contributed by atoms with van der Waals surface area (Å²) in [4.78, 5) is 0. The van der Waals surface area contributed by atoms with E-state index in [9.17, 15) is 26.3 Å². The first-order valence-electron chi connectivity index (χ1n) is 6.90. The SMILES string of the molecule is Cc1ccccc1NC(=S)Nc1cc(C(F)(F)F)cc(C(F)(F)F)c1. The Morgan fingerprint density at radius 2 is 1.36 bits per heavy atom. The fourth-order valence-corrected chi connectivity index (χ4v) is 2.25. The van der Waals surface area contributed by atoms with Gasteiger partial charge >= 0.3 is 12.4 Å². The number of hydrogen-bond acceptors (Lipinski definition) is 1. The van der Waals surface area contributed by atoms with Crippen molar-refractivity contribution in [3.63, 3.8) is 0 Å². The largest absolute Gasteiger partial charge is 0.416 e. The number of alkyl halides is 6. The normalized spacial score (nSPS) is 12.0. The van der Waals surface area contributed by atoms with Crippen LogP contribution in [0, 0.1) is 6.92 Å². The Balaban J connectivity index is 2.29. The van der Waals surface area contributed by atoms with Crippen LogP contribution in [0.25, 0.3) is 0 Å². The molecular formula is C16H12F6N2S. The van der Waals surface area contributed by atoms with Crippen LogP contribution >= 0.6 is 12.2 Å². The van der Waals surface area contributed by atoms with E-state index < -0.39 is 29.2 Å². The minimum absolute atomic E-state index is 0.0585. The second-order valence-corrected chi connectivity index (χ2v) is 5.60. The van der Waals surface area contributed by atoms with E-state index in [0.717, 1.165) is 5.56 Å². The first-order chi connectivity index (χ1) is 11.5. The average Bonchev–Trinajstić information content (AvgIpc) is 2.47. The number of nitrogens with one attached hydrogen (secondary N) is 2. The summed E-state index contributed by atoms with van der Waals surface area (Å²) in [6.45, 7) is 1.77. The van der Waals surface area contributed by atoms with Gasteiger partial charge in [-0.2, -0.15) is 26.3 Å². The summed E-state index contributed by atoms with van der Waals surface area (Å²) >= 11 is 4.97. The molecule has 0 fully saturated rings. The maximum absolute atomic E-state index is 12.8. The maximum atomic E-state index is 12.8. The van der Waals surface area contributed by atoms with Crippen molar-refractivity contribution < 1.29 is 26.3 Å². The Morgan fingerprint density at radius 1 is 0.840 bits per heavy atom. The first-order valence-corrected chi connectivity index (χ1v) is 7.31. The van der Waals surface area contributed by atoms with Crippen LogP contribution in [0.2, 0.25) is 0 Å². The lowest BCUT2D eigenvalue weighted by Gasteiger charge is -2.16. The zero-order valence-electron chi connectivity index (χ0n) is 12.7. The molecule has 0 bridgehead atoms. The van der Waals surface area contributed by atoms with Gasteiger partial charge in [0.2, 0.25) is 0 Å². The van der Waals surface area contributed by atoms with Crippen molar-refractivity contribution in [1.29, 1.82) is 0 Å². The summed E-state index contributed by atoms with van der Waals surface area (Å²) in [5.74, 6) is 0. The Kier molecular flexibility index (Phi) is 5.26. The summed E-state index contributed by atoms with van der Waals surface area (Å²) < 4.78 is 77.0. The summed E-state index contributed by atoms with van der Waals surface area (Å²) in [7, 11) is 0. The number of thiocarbonyl (C=S) groups is 1. The number of aryl methyl sites for hydroxylation is 1. The van der Waals surface area contributed by atoms with E-state index in [2.05, 4.69) is 10.6 Å². The summed E-state index contributed by atoms with van der Waals surface area (Å²) in [5, 5.41) is 4.97. The van der Waals surface area contributed by atoms with Gasteiger partial charge in [-0.15, -0.1) is 0 Å². The highest BCUT2D eigenvalue weighted by Gasteiger charge is 2.37. The lowest BCUT2D eigenvalue weighted by molar-refractivity contribution is -0.143. The van der Waals surface area contributed by atoms with E-state index in [1.807, 2.05) is 0 Å². The second-order valence-electron chi connectivity index (χ2n) is 5.19. The lowest BCUT2D eigenvalue weighted by atomic mass is 10.1. The summed E-state index contributed by atoms with van der Waals surface area (Å²) in [6, 6.07) is 8.14. The fraction of sp³-hybridized carbons (Fsp3) is 0.188. The standard InChI is InChI=1S/C16H12F6N2S/c1-9-4-2-3-5-13(9)24-14(25)23-12-7-10(15(17,18)19)6-11(8-12)16(20,21)22/h2-8H,1H3,(H2,23,24,25). The zero-order chi connectivity index (χ0) is 18.8. The van der Waals surface area contributed by atoms with Gasteiger partial charge < -0.3 is 10.6 Å². The van der Waals surface area contributed by atoms with Crippen molar-refractivity contribution in [2.75, 3.05) is 10.6 Å². The van der Waals surface area contributed by atoms with Gasteiger partial charge in [0.15, 0.2) is 5.11 Å². The molecule has 25 heavy (non-hydrogen) atoms. The van der Waals surface area contributed by atoms with Crippen molar-refractivity contribution in [3.05, 3.63) is 59.2 Å². The molecule has 0 saturated carbocycles. The van der Waals surface area contributed by atoms with Crippen LogP contribution < -0.4 is 10.6 Å². The number of rotatable bonds is 2. The highest BCUT2D eigenvalue weighted by atomic mass is 32.1. The molecule has 0 radical (unpaired) electrons. The minimum atomic E-state index is -4.91. The predicted octanol–water partition coefficient (Wildman–Crippen LogP) is 5.84. The maximum Gasteiger partial charge on any atom is 0.416 e. The molecule has 2 aromatic carbocycles. The Labute approximate surface area is 144 Å². The Hall–Kier alpha value is -2.29. The van der Waals surface area contributed by atoms with Gasteiger partial charge in [-0.1, -0.05) is 18.2 Å². The second kappa shape index (κ2) is 6.91. The molecule has 2 aromatic rings. The molecule has 134 valence electrons. The molecule has 0 aromatic heterocycles. The van der Waals surface area contributed by atoms with Crippen LogP contribution in [0.1, 0.15) is 16.7 Å². The number of hydrogen-bond donors (Lipinski definition) is 2. The highest BCUT2D eigenvalue weighted by molar-refractivity contribution is 7.80. The van der Waals surface area contributed by atoms with Gasteiger partial charge in [0.1, 0.15) is 0 Å². The number of halogens is 6. The van der Waals surface area contributed by atoms with E-state index >= 15 is 0 Å². The smallest absolute Gasteiger partial charge is 0.332 e. The minimum Gasteiger partial charge on any atom is -0.332 e. The molecule has 0 aliphatic rings. The van der Waals surface area contributed by atoms with Crippen molar-refractivity contribution in [3.8, 4) is 0 Å². The molecule has 0 aliphatic heterocycles. The van der Waals surface area contributed by atoms with Gasteiger partial charge in [0.25, 0.3) is 0 Å². The van der Waals surface area contributed by atoms with E-state index in [-0.39, 0.29) is 11.2 Å². The van der Waals surface area contributed by atoms with E-state index in [1.54, 1.807) is 31.2 Å². The van der Waals surface area contributed by atoms with Gasteiger partial charge in [-0.25, -0.2) is 0 Å². The van der Waals surface area contributed by atoms with Crippen molar-refractivity contribution in [2.24, 2.45) is 0 Å². The van der Waals surface area contributed by atoms with Crippen LogP contribution in [0.3, 0.4) is 0 Å². The first kappa shape index (κ1) is 19.0. The summed E-state index contributed by atoms with van der Waals surface area (Å²) in [5.41, 5.74) is -1.84. The number of para-hydroxylation sites is 1. The predicted molar refractivity (Wildman–Crippen MR) is 87.5 cm³/mol. The molecule has 0 saturated heterocycles. The Morgan fingerprint density at radius 3 is 1.84 bits per heavy atom. The van der Waals surface area contributed by atoms with Crippen LogP contribution in [0.15, 0.2) is 42.5 Å². The van der Waals surface area contributed by atoms with E-state index in [0.29, 0.717) is 17.8 Å². The third-order valence-electron chi connectivity index (χ3n) is 3.24. The molecule has 2 N–H and O–H groups in total. The molecule has 0 atom stereocenters. The van der Waals surface area contributed by atoms with Crippen LogP contribution in [-0.2, 0) is 12.4 Å². The lowest BCUT2D eigenvalue weighted by Crippen LogP contribution is -2.21. The topological polar surface area (TPSA) is 24.1 Å².